The van der Waals surface area contributed by atoms with E-state index in [4.69, 9.17) is 23.2 Å². The van der Waals surface area contributed by atoms with Gasteiger partial charge in [0.1, 0.15) is 12.1 Å². The fraction of sp³-hybridized carbons (Fsp3) is 0.286. The normalized spacial score (nSPS) is 23.5. The maximum Gasteiger partial charge on any atom is 0.251 e. The van der Waals surface area contributed by atoms with Crippen molar-refractivity contribution in [1.82, 2.24) is 15.5 Å². The number of carbonyl (C=O) groups is 3. The van der Waals surface area contributed by atoms with E-state index >= 15 is 0 Å². The lowest BCUT2D eigenvalue weighted by molar-refractivity contribution is -0.147. The van der Waals surface area contributed by atoms with Gasteiger partial charge in [-0.25, -0.2) is 0 Å². The van der Waals surface area contributed by atoms with Crippen molar-refractivity contribution >= 4 is 40.9 Å². The first-order valence-electron chi connectivity index (χ1n) is 9.33. The highest BCUT2D eigenvalue weighted by molar-refractivity contribution is 6.42. The van der Waals surface area contributed by atoms with Gasteiger partial charge in [0.2, 0.25) is 11.8 Å². The zero-order chi connectivity index (χ0) is 20.5. The number of rotatable bonds is 4. The van der Waals surface area contributed by atoms with E-state index in [9.17, 15) is 14.4 Å². The van der Waals surface area contributed by atoms with E-state index in [0.717, 1.165) is 5.56 Å². The first-order valence-corrected chi connectivity index (χ1v) is 10.1. The Morgan fingerprint density at radius 3 is 2.59 bits per heavy atom. The lowest BCUT2D eigenvalue weighted by atomic mass is 10.0. The Balaban J connectivity index is 1.43. The maximum atomic E-state index is 12.9. The molecule has 3 amide bonds. The highest BCUT2D eigenvalue weighted by Crippen LogP contribution is 2.25. The summed E-state index contributed by atoms with van der Waals surface area (Å²) in [5.74, 6) is -0.622. The van der Waals surface area contributed by atoms with E-state index < -0.39 is 12.1 Å². The van der Waals surface area contributed by atoms with Gasteiger partial charge in [-0.15, -0.1) is 0 Å². The van der Waals surface area contributed by atoms with E-state index in [0.29, 0.717) is 35.0 Å². The van der Waals surface area contributed by atoms with E-state index in [1.807, 2.05) is 30.3 Å². The quantitative estimate of drug-likeness (QED) is 0.779. The lowest BCUT2D eigenvalue weighted by Gasteiger charge is -2.34. The second-order valence-electron chi connectivity index (χ2n) is 7.29. The number of hydrogen-bond donors (Lipinski definition) is 2. The van der Waals surface area contributed by atoms with Gasteiger partial charge in [-0.3, -0.25) is 14.4 Å². The molecule has 2 aromatic carbocycles. The van der Waals surface area contributed by atoms with Gasteiger partial charge in [0, 0.05) is 24.6 Å². The summed E-state index contributed by atoms with van der Waals surface area (Å²) in [7, 11) is 0. The molecule has 2 aromatic rings. The van der Waals surface area contributed by atoms with Crippen LogP contribution in [0.1, 0.15) is 22.3 Å². The molecule has 0 aromatic heterocycles. The number of piperazine rings is 1. The molecule has 0 saturated carbocycles. The predicted molar refractivity (Wildman–Crippen MR) is 110 cm³/mol. The van der Waals surface area contributed by atoms with Crippen molar-refractivity contribution in [3.8, 4) is 0 Å². The summed E-state index contributed by atoms with van der Waals surface area (Å²) in [6.07, 6.45) is 0.817. The van der Waals surface area contributed by atoms with E-state index in [2.05, 4.69) is 10.6 Å². The molecule has 150 valence electrons. The van der Waals surface area contributed by atoms with Crippen LogP contribution in [0.4, 0.5) is 0 Å². The van der Waals surface area contributed by atoms with Crippen LogP contribution in [0, 0.1) is 0 Å². The summed E-state index contributed by atoms with van der Waals surface area (Å²) in [4.78, 5) is 39.6. The highest BCUT2D eigenvalue weighted by atomic mass is 35.5. The van der Waals surface area contributed by atoms with Crippen molar-refractivity contribution in [2.75, 3.05) is 6.54 Å². The minimum Gasteiger partial charge on any atom is -0.347 e. The molecular formula is C21H19Cl2N3O3. The number of benzene rings is 2. The van der Waals surface area contributed by atoms with Gasteiger partial charge < -0.3 is 15.5 Å². The number of amides is 3. The number of nitrogens with zero attached hydrogens (tertiary/aromatic N) is 1. The second-order valence-corrected chi connectivity index (χ2v) is 8.11. The molecular weight excluding hydrogens is 413 g/mol. The fourth-order valence-corrected chi connectivity index (χ4v) is 4.15. The van der Waals surface area contributed by atoms with Crippen molar-refractivity contribution < 1.29 is 14.4 Å². The molecule has 8 heteroatoms. The second kappa shape index (κ2) is 8.05. The number of halogens is 2. The Morgan fingerprint density at radius 2 is 1.86 bits per heavy atom. The van der Waals surface area contributed by atoms with Crippen LogP contribution in [0.15, 0.2) is 48.5 Å². The molecule has 2 saturated heterocycles. The minimum absolute atomic E-state index is 0.121. The smallest absolute Gasteiger partial charge is 0.251 e. The van der Waals surface area contributed by atoms with Crippen molar-refractivity contribution in [3.05, 3.63) is 69.7 Å². The molecule has 2 heterocycles. The zero-order valence-corrected chi connectivity index (χ0v) is 16.9. The molecule has 2 aliphatic heterocycles. The third-order valence-corrected chi connectivity index (χ3v) is 6.04. The molecule has 3 atom stereocenters. The summed E-state index contributed by atoms with van der Waals surface area (Å²) in [5, 5.41) is 6.38. The third-order valence-electron chi connectivity index (χ3n) is 5.30. The van der Waals surface area contributed by atoms with Crippen LogP contribution in [-0.2, 0) is 16.0 Å². The van der Waals surface area contributed by atoms with Crippen LogP contribution in [0.2, 0.25) is 10.0 Å². The standard InChI is InChI=1S/C21H19Cl2N3O3/c22-15-7-6-13(9-16(15)23)19(27)24-14-10-18-20(28)25-17(21(29)26(18)11-14)8-12-4-2-1-3-5-12/h1-7,9,14,17-18H,8,10-11H2,(H,24,27)(H,25,28)/t14-,17-,18-/m0/s1. The van der Waals surface area contributed by atoms with E-state index in [1.165, 1.54) is 6.07 Å². The van der Waals surface area contributed by atoms with Crippen molar-refractivity contribution in [3.63, 3.8) is 0 Å². The van der Waals surface area contributed by atoms with Crippen LogP contribution < -0.4 is 10.6 Å². The number of carbonyl (C=O) groups excluding carboxylic acids is 3. The van der Waals surface area contributed by atoms with E-state index in [-0.39, 0.29) is 23.8 Å². The van der Waals surface area contributed by atoms with Gasteiger partial charge in [-0.2, -0.15) is 0 Å². The Hall–Kier alpha value is -2.57. The fourth-order valence-electron chi connectivity index (χ4n) is 3.86. The molecule has 2 N–H and O–H groups in total. The van der Waals surface area contributed by atoms with Crippen LogP contribution in [0.25, 0.3) is 0 Å². The zero-order valence-electron chi connectivity index (χ0n) is 15.4. The van der Waals surface area contributed by atoms with Crippen LogP contribution >= 0.6 is 23.2 Å². The van der Waals surface area contributed by atoms with Gasteiger partial charge >= 0.3 is 0 Å². The molecule has 2 aliphatic rings. The number of fused-ring (bicyclic) bond motifs is 1. The predicted octanol–water partition coefficient (Wildman–Crippen LogP) is 2.43. The molecule has 6 nitrogen and oxygen atoms in total. The summed E-state index contributed by atoms with van der Waals surface area (Å²) >= 11 is 11.9. The van der Waals surface area contributed by atoms with Crippen LogP contribution in [0.5, 0.6) is 0 Å². The Morgan fingerprint density at radius 1 is 1.10 bits per heavy atom. The molecule has 2 fully saturated rings. The molecule has 0 radical (unpaired) electrons. The van der Waals surface area contributed by atoms with Gasteiger partial charge in [-0.1, -0.05) is 53.5 Å². The summed E-state index contributed by atoms with van der Waals surface area (Å²) < 4.78 is 0. The topological polar surface area (TPSA) is 78.5 Å². The molecule has 0 aliphatic carbocycles. The average molecular weight is 432 g/mol. The number of hydrogen-bond acceptors (Lipinski definition) is 3. The van der Waals surface area contributed by atoms with Crippen LogP contribution in [-0.4, -0.2) is 47.3 Å². The number of nitrogens with one attached hydrogen (secondary N) is 2. The Kier molecular flexibility index (Phi) is 5.48. The van der Waals surface area contributed by atoms with Crippen LogP contribution in [0.3, 0.4) is 0 Å². The first kappa shape index (κ1) is 19.7. The van der Waals surface area contributed by atoms with Gasteiger partial charge in [0.15, 0.2) is 0 Å². The largest absolute Gasteiger partial charge is 0.347 e. The van der Waals surface area contributed by atoms with Gasteiger partial charge in [-0.05, 0) is 30.2 Å². The monoisotopic (exact) mass is 431 g/mol. The minimum atomic E-state index is -0.592. The molecule has 29 heavy (non-hydrogen) atoms. The lowest BCUT2D eigenvalue weighted by Crippen LogP contribution is -2.61. The third kappa shape index (κ3) is 4.09. The van der Waals surface area contributed by atoms with Crippen molar-refractivity contribution in [2.45, 2.75) is 31.0 Å². The van der Waals surface area contributed by atoms with E-state index in [1.54, 1.807) is 17.0 Å². The molecule has 0 bridgehead atoms. The maximum absolute atomic E-state index is 12.9. The highest BCUT2D eigenvalue weighted by Gasteiger charge is 2.46. The Labute approximate surface area is 178 Å². The molecule has 4 rings (SSSR count). The molecule has 0 spiro atoms. The van der Waals surface area contributed by atoms with Crippen molar-refractivity contribution in [1.29, 1.82) is 0 Å². The van der Waals surface area contributed by atoms with Gasteiger partial charge in [0.25, 0.3) is 5.91 Å². The molecule has 0 unspecified atom stereocenters. The average Bonchev–Trinajstić information content (AvgIpc) is 3.13. The SMILES string of the molecule is O=C(N[C@H]1C[C@H]2C(=O)N[C@@H](Cc3ccccc3)C(=O)N2C1)c1ccc(Cl)c(Cl)c1. The summed E-state index contributed by atoms with van der Waals surface area (Å²) in [6.45, 7) is 0.301. The Bertz CT molecular complexity index is 967. The van der Waals surface area contributed by atoms with Gasteiger partial charge in [0.05, 0.1) is 10.0 Å². The van der Waals surface area contributed by atoms with Crippen molar-refractivity contribution in [2.24, 2.45) is 0 Å². The summed E-state index contributed by atoms with van der Waals surface area (Å²) in [6, 6.07) is 12.7. The summed E-state index contributed by atoms with van der Waals surface area (Å²) in [5.41, 5.74) is 1.36. The first-order chi connectivity index (χ1) is 13.9.